The maximum atomic E-state index is 3.89. The Morgan fingerprint density at radius 1 is 0.704 bits per heavy atom. The second kappa shape index (κ2) is 5.84. The predicted molar refractivity (Wildman–Crippen MR) is 120 cm³/mol. The standard InChI is InChI=1S/C24H14BrNSe/c25-19-14-18-16-10-4-6-12-20(16)26(15-8-2-1-3-9-15)23(18)24-22(19)17-11-5-7-13-21(17)27-24/h1-14H. The molecule has 0 saturated heterocycles. The van der Waals surface area contributed by atoms with E-state index in [2.05, 4.69) is 105 Å². The van der Waals surface area contributed by atoms with Crippen LogP contribution in [0.25, 0.3) is 46.8 Å². The van der Waals surface area contributed by atoms with Gasteiger partial charge in [-0.15, -0.1) is 0 Å². The molecule has 0 spiro atoms. The zero-order valence-corrected chi connectivity index (χ0v) is 17.6. The van der Waals surface area contributed by atoms with Gasteiger partial charge in [-0.2, -0.15) is 0 Å². The van der Waals surface area contributed by atoms with Crippen LogP contribution in [0.1, 0.15) is 0 Å². The monoisotopic (exact) mass is 475 g/mol. The van der Waals surface area contributed by atoms with Gasteiger partial charge in [-0.05, 0) is 0 Å². The van der Waals surface area contributed by atoms with E-state index in [1.165, 1.54) is 51.3 Å². The number of nitrogens with zero attached hydrogens (tertiary/aromatic N) is 1. The first-order valence-corrected chi connectivity index (χ1v) is 11.4. The first-order valence-electron chi connectivity index (χ1n) is 8.91. The summed E-state index contributed by atoms with van der Waals surface area (Å²) in [5.41, 5.74) is 3.85. The number of hydrogen-bond acceptors (Lipinski definition) is 0. The van der Waals surface area contributed by atoms with Crippen molar-refractivity contribution in [2.75, 3.05) is 0 Å². The van der Waals surface area contributed by atoms with Gasteiger partial charge in [0.05, 0.1) is 0 Å². The van der Waals surface area contributed by atoms with Crippen molar-refractivity contribution < 1.29 is 0 Å². The van der Waals surface area contributed by atoms with Gasteiger partial charge in [0.1, 0.15) is 0 Å². The molecule has 27 heavy (non-hydrogen) atoms. The van der Waals surface area contributed by atoms with Crippen molar-refractivity contribution in [1.29, 1.82) is 0 Å². The summed E-state index contributed by atoms with van der Waals surface area (Å²) in [6.45, 7) is 0. The molecule has 2 aromatic heterocycles. The number of rotatable bonds is 1. The molecule has 6 aromatic rings. The number of aromatic nitrogens is 1. The van der Waals surface area contributed by atoms with E-state index in [1.807, 2.05) is 0 Å². The maximum absolute atomic E-state index is 3.89. The Balaban J connectivity index is 1.95. The molecule has 0 amide bonds. The van der Waals surface area contributed by atoms with Gasteiger partial charge in [0.25, 0.3) is 0 Å². The Labute approximate surface area is 170 Å². The minimum absolute atomic E-state index is 0.300. The zero-order chi connectivity index (χ0) is 18.0. The van der Waals surface area contributed by atoms with Crippen LogP contribution in [-0.2, 0) is 0 Å². The molecular formula is C24H14BrNSe. The van der Waals surface area contributed by atoms with Gasteiger partial charge in [0.15, 0.2) is 0 Å². The van der Waals surface area contributed by atoms with Crippen LogP contribution in [0.3, 0.4) is 0 Å². The molecule has 0 atom stereocenters. The average Bonchev–Trinajstić information content (AvgIpc) is 3.25. The molecule has 0 radical (unpaired) electrons. The van der Waals surface area contributed by atoms with E-state index < -0.39 is 0 Å². The number of benzene rings is 4. The number of hydrogen-bond donors (Lipinski definition) is 0. The van der Waals surface area contributed by atoms with Crippen molar-refractivity contribution >= 4 is 71.5 Å². The summed E-state index contributed by atoms with van der Waals surface area (Å²) in [4.78, 5) is 0. The number of halogens is 1. The molecule has 3 heteroatoms. The Morgan fingerprint density at radius 2 is 1.41 bits per heavy atom. The molecule has 0 saturated carbocycles. The molecule has 6 rings (SSSR count). The van der Waals surface area contributed by atoms with Gasteiger partial charge in [-0.25, -0.2) is 0 Å². The fourth-order valence-electron chi connectivity index (χ4n) is 4.13. The van der Waals surface area contributed by atoms with Gasteiger partial charge < -0.3 is 0 Å². The molecule has 128 valence electrons. The molecule has 4 aromatic carbocycles. The number of para-hydroxylation sites is 2. The van der Waals surface area contributed by atoms with Crippen molar-refractivity contribution in [3.05, 3.63) is 89.4 Å². The SMILES string of the molecule is Brc1cc2c3ccccc3n(-c3ccccc3)c2c2[se]c3ccccc3c12. The van der Waals surface area contributed by atoms with Crippen molar-refractivity contribution in [2.45, 2.75) is 0 Å². The summed E-state index contributed by atoms with van der Waals surface area (Å²) in [6, 6.07) is 30.6. The summed E-state index contributed by atoms with van der Waals surface area (Å²) < 4.78 is 6.60. The van der Waals surface area contributed by atoms with E-state index in [4.69, 9.17) is 0 Å². The quantitative estimate of drug-likeness (QED) is 0.228. The van der Waals surface area contributed by atoms with Gasteiger partial charge in [-0.3, -0.25) is 0 Å². The molecular weight excluding hydrogens is 461 g/mol. The van der Waals surface area contributed by atoms with Crippen LogP contribution in [0.5, 0.6) is 0 Å². The molecule has 0 fully saturated rings. The van der Waals surface area contributed by atoms with Gasteiger partial charge in [0, 0.05) is 0 Å². The third-order valence-electron chi connectivity index (χ3n) is 5.25. The summed E-state index contributed by atoms with van der Waals surface area (Å²) in [7, 11) is 0. The molecule has 0 bridgehead atoms. The van der Waals surface area contributed by atoms with Crippen molar-refractivity contribution in [2.24, 2.45) is 0 Å². The van der Waals surface area contributed by atoms with Gasteiger partial charge in [0.2, 0.25) is 0 Å². The summed E-state index contributed by atoms with van der Waals surface area (Å²) in [5, 5.41) is 5.39. The Bertz CT molecular complexity index is 1470. The second-order valence-corrected chi connectivity index (χ2v) is 9.81. The van der Waals surface area contributed by atoms with E-state index >= 15 is 0 Å². The fourth-order valence-corrected chi connectivity index (χ4v) is 7.72. The zero-order valence-electron chi connectivity index (χ0n) is 14.3. The Hall–Kier alpha value is -2.32. The van der Waals surface area contributed by atoms with E-state index in [0.717, 1.165) is 0 Å². The Morgan fingerprint density at radius 3 is 2.26 bits per heavy atom. The van der Waals surface area contributed by atoms with E-state index in [0.29, 0.717) is 14.5 Å². The molecule has 0 aliphatic carbocycles. The van der Waals surface area contributed by atoms with E-state index in [-0.39, 0.29) is 0 Å². The molecule has 0 aliphatic rings. The van der Waals surface area contributed by atoms with Crippen LogP contribution in [0.15, 0.2) is 89.4 Å². The summed E-state index contributed by atoms with van der Waals surface area (Å²) in [5.74, 6) is 0. The molecule has 1 nitrogen and oxygen atoms in total. The predicted octanol–water partition coefficient (Wildman–Crippen LogP) is 6.91. The fraction of sp³-hybridized carbons (Fsp3) is 0. The van der Waals surface area contributed by atoms with Crippen LogP contribution >= 0.6 is 15.9 Å². The van der Waals surface area contributed by atoms with E-state index in [9.17, 15) is 0 Å². The summed E-state index contributed by atoms with van der Waals surface area (Å²) in [6.07, 6.45) is 0. The van der Waals surface area contributed by atoms with Crippen LogP contribution < -0.4 is 0 Å². The molecule has 0 N–H and O–H groups in total. The first kappa shape index (κ1) is 15.7. The Kier molecular flexibility index (Phi) is 3.40. The van der Waals surface area contributed by atoms with E-state index in [1.54, 1.807) is 0 Å². The average molecular weight is 475 g/mol. The normalized spacial score (nSPS) is 11.9. The molecule has 0 unspecified atom stereocenters. The van der Waals surface area contributed by atoms with Crippen molar-refractivity contribution in [1.82, 2.24) is 4.57 Å². The first-order chi connectivity index (χ1) is 13.3. The van der Waals surface area contributed by atoms with Gasteiger partial charge in [-0.1, -0.05) is 0 Å². The van der Waals surface area contributed by atoms with Crippen molar-refractivity contribution in [3.63, 3.8) is 0 Å². The topological polar surface area (TPSA) is 4.93 Å². The minimum atomic E-state index is 0.300. The third kappa shape index (κ3) is 2.17. The van der Waals surface area contributed by atoms with Crippen LogP contribution in [-0.4, -0.2) is 19.1 Å². The van der Waals surface area contributed by atoms with Crippen LogP contribution in [0.4, 0.5) is 0 Å². The molecule has 2 heterocycles. The number of fused-ring (bicyclic) bond motifs is 7. The summed E-state index contributed by atoms with van der Waals surface area (Å²) >= 11 is 4.19. The third-order valence-corrected chi connectivity index (χ3v) is 8.34. The van der Waals surface area contributed by atoms with Crippen molar-refractivity contribution in [3.8, 4) is 5.69 Å². The van der Waals surface area contributed by atoms with Gasteiger partial charge >= 0.3 is 171 Å². The second-order valence-electron chi connectivity index (χ2n) is 6.75. The van der Waals surface area contributed by atoms with Crippen LogP contribution in [0, 0.1) is 0 Å². The van der Waals surface area contributed by atoms with Crippen LogP contribution in [0.2, 0.25) is 0 Å². The molecule has 0 aliphatic heterocycles.